The zero-order chi connectivity index (χ0) is 16.3. The number of carboxylic acid groups (broad SMARTS) is 1. The fourth-order valence-corrected chi connectivity index (χ4v) is 2.96. The zero-order valence-electron chi connectivity index (χ0n) is 13.2. The molecule has 5 heteroatoms. The van der Waals surface area contributed by atoms with Crippen LogP contribution in [0, 0.1) is 0 Å². The van der Waals surface area contributed by atoms with Crippen molar-refractivity contribution in [1.29, 1.82) is 0 Å². The number of aliphatic hydroxyl groups is 1. The molecule has 0 bridgehead atoms. The van der Waals surface area contributed by atoms with E-state index in [4.69, 9.17) is 10.8 Å². The third kappa shape index (κ3) is 5.73. The van der Waals surface area contributed by atoms with Crippen LogP contribution in [0.4, 0.5) is 5.69 Å². The van der Waals surface area contributed by atoms with E-state index < -0.39 is 5.97 Å². The lowest BCUT2D eigenvalue weighted by molar-refractivity contribution is 0.0396. The molecule has 1 fully saturated rings. The number of rotatable bonds is 1. The summed E-state index contributed by atoms with van der Waals surface area (Å²) in [6, 6.07) is 6.36. The third-order valence-corrected chi connectivity index (χ3v) is 3.36. The maximum atomic E-state index is 10.3. The summed E-state index contributed by atoms with van der Waals surface area (Å²) in [4.78, 5) is 10.3. The Bertz CT molecular complexity index is 482. The number of nitrogen functional groups attached to an aromatic ring is 1. The Labute approximate surface area is 126 Å². The Balaban J connectivity index is 0.000000211. The van der Waals surface area contributed by atoms with Gasteiger partial charge in [-0.15, -0.1) is 0 Å². The summed E-state index contributed by atoms with van der Waals surface area (Å²) < 4.78 is 0. The van der Waals surface area contributed by atoms with Crippen LogP contribution in [-0.2, 0) is 0 Å². The fraction of sp³-hybridized carbons (Fsp3) is 0.562. The number of piperidine rings is 1. The fourth-order valence-electron chi connectivity index (χ4n) is 2.96. The molecule has 0 aliphatic carbocycles. The van der Waals surface area contributed by atoms with Crippen LogP contribution in [0.2, 0.25) is 0 Å². The topological polar surface area (TPSA) is 95.6 Å². The lowest BCUT2D eigenvalue weighted by Gasteiger charge is -2.44. The lowest BCUT2D eigenvalue weighted by atomic mass is 9.81. The predicted molar refractivity (Wildman–Crippen MR) is 84.3 cm³/mol. The van der Waals surface area contributed by atoms with E-state index in [-0.39, 0.29) is 22.7 Å². The molecular formula is C16H26N2O3. The molecule has 0 saturated carbocycles. The summed E-state index contributed by atoms with van der Waals surface area (Å²) >= 11 is 0. The molecule has 0 spiro atoms. The van der Waals surface area contributed by atoms with Crippen molar-refractivity contribution in [2.75, 3.05) is 5.73 Å². The highest BCUT2D eigenvalue weighted by Gasteiger charge is 2.36. The summed E-state index contributed by atoms with van der Waals surface area (Å²) in [5.74, 6) is -0.988. The van der Waals surface area contributed by atoms with Gasteiger partial charge in [0.25, 0.3) is 0 Å². The molecule has 0 atom stereocenters. The Morgan fingerprint density at radius 3 is 2.00 bits per heavy atom. The second-order valence-corrected chi connectivity index (χ2v) is 6.85. The van der Waals surface area contributed by atoms with Crippen LogP contribution < -0.4 is 11.1 Å². The van der Waals surface area contributed by atoms with Gasteiger partial charge in [0, 0.05) is 16.8 Å². The van der Waals surface area contributed by atoms with Gasteiger partial charge in [0.05, 0.1) is 11.7 Å². The summed E-state index contributed by atoms with van der Waals surface area (Å²) in [6.07, 6.45) is 1.58. The van der Waals surface area contributed by atoms with Crippen LogP contribution >= 0.6 is 0 Å². The second-order valence-electron chi connectivity index (χ2n) is 6.85. The van der Waals surface area contributed by atoms with Gasteiger partial charge in [0.2, 0.25) is 0 Å². The van der Waals surface area contributed by atoms with Gasteiger partial charge in [-0.1, -0.05) is 12.1 Å². The molecule has 1 aromatic carbocycles. The van der Waals surface area contributed by atoms with Crippen LogP contribution in [-0.4, -0.2) is 33.4 Å². The Morgan fingerprint density at radius 1 is 1.19 bits per heavy atom. The van der Waals surface area contributed by atoms with Gasteiger partial charge in [0.1, 0.15) is 0 Å². The van der Waals surface area contributed by atoms with Gasteiger partial charge >= 0.3 is 5.97 Å². The molecule has 1 saturated heterocycles. The highest BCUT2D eigenvalue weighted by molar-refractivity contribution is 5.93. The summed E-state index contributed by atoms with van der Waals surface area (Å²) in [5.41, 5.74) is 5.97. The van der Waals surface area contributed by atoms with Gasteiger partial charge < -0.3 is 21.3 Å². The molecule has 0 amide bonds. The molecule has 2 rings (SSSR count). The first-order valence-corrected chi connectivity index (χ1v) is 7.08. The molecule has 118 valence electrons. The number of nitrogens with one attached hydrogen (secondary N) is 1. The number of carboxylic acids is 1. The van der Waals surface area contributed by atoms with Crippen molar-refractivity contribution >= 4 is 11.7 Å². The summed E-state index contributed by atoms with van der Waals surface area (Å²) in [7, 11) is 0. The number of hydrogen-bond acceptors (Lipinski definition) is 4. The summed E-state index contributed by atoms with van der Waals surface area (Å²) in [6.45, 7) is 8.54. The molecule has 0 radical (unpaired) electrons. The molecule has 1 aliphatic heterocycles. The smallest absolute Gasteiger partial charge is 0.337 e. The molecule has 21 heavy (non-hydrogen) atoms. The van der Waals surface area contributed by atoms with Gasteiger partial charge in [-0.25, -0.2) is 4.79 Å². The van der Waals surface area contributed by atoms with Crippen LogP contribution in [0.5, 0.6) is 0 Å². The first-order valence-electron chi connectivity index (χ1n) is 7.08. The maximum absolute atomic E-state index is 10.3. The maximum Gasteiger partial charge on any atom is 0.337 e. The van der Waals surface area contributed by atoms with Crippen molar-refractivity contribution in [3.63, 3.8) is 0 Å². The van der Waals surface area contributed by atoms with E-state index in [0.717, 1.165) is 12.8 Å². The van der Waals surface area contributed by atoms with E-state index in [1.54, 1.807) is 18.2 Å². The quantitative estimate of drug-likeness (QED) is 0.596. The second kappa shape index (κ2) is 6.45. The van der Waals surface area contributed by atoms with E-state index in [2.05, 4.69) is 33.0 Å². The molecule has 5 nitrogen and oxygen atoms in total. The molecule has 1 aromatic rings. The highest BCUT2D eigenvalue weighted by atomic mass is 16.4. The van der Waals surface area contributed by atoms with Gasteiger partial charge in [0.15, 0.2) is 0 Å². The first-order chi connectivity index (χ1) is 9.52. The number of nitrogens with two attached hydrogens (primary N) is 1. The van der Waals surface area contributed by atoms with E-state index in [1.165, 1.54) is 6.07 Å². The largest absolute Gasteiger partial charge is 0.478 e. The molecule has 5 N–H and O–H groups in total. The minimum Gasteiger partial charge on any atom is -0.478 e. The van der Waals surface area contributed by atoms with Crippen molar-refractivity contribution in [2.24, 2.45) is 0 Å². The summed E-state index contributed by atoms with van der Waals surface area (Å²) in [5, 5.41) is 21.5. The SMILES string of the molecule is CC1(C)CC(O)CC(C)(C)N1.Nc1ccccc1C(=O)O. The van der Waals surface area contributed by atoms with Crippen molar-refractivity contribution < 1.29 is 15.0 Å². The Hall–Kier alpha value is -1.59. The van der Waals surface area contributed by atoms with Gasteiger partial charge in [-0.3, -0.25) is 0 Å². The first kappa shape index (κ1) is 17.5. The lowest BCUT2D eigenvalue weighted by Crippen LogP contribution is -2.59. The molecule has 0 unspecified atom stereocenters. The number of anilines is 1. The average molecular weight is 294 g/mol. The van der Waals surface area contributed by atoms with Crippen molar-refractivity contribution in [2.45, 2.75) is 57.7 Å². The van der Waals surface area contributed by atoms with Crippen LogP contribution in [0.1, 0.15) is 50.9 Å². The van der Waals surface area contributed by atoms with E-state index in [0.29, 0.717) is 5.69 Å². The van der Waals surface area contributed by atoms with E-state index in [9.17, 15) is 9.90 Å². The normalized spacial score (nSPS) is 20.2. The number of para-hydroxylation sites is 1. The number of aromatic carboxylic acids is 1. The highest BCUT2D eigenvalue weighted by Crippen LogP contribution is 2.27. The van der Waals surface area contributed by atoms with Crippen molar-refractivity contribution in [1.82, 2.24) is 5.32 Å². The Morgan fingerprint density at radius 2 is 1.67 bits per heavy atom. The molecule has 1 aliphatic rings. The number of carbonyl (C=O) groups is 1. The van der Waals surface area contributed by atoms with E-state index in [1.807, 2.05) is 0 Å². The van der Waals surface area contributed by atoms with Crippen LogP contribution in [0.25, 0.3) is 0 Å². The predicted octanol–water partition coefficient (Wildman–Crippen LogP) is 2.25. The minimum atomic E-state index is -0.988. The van der Waals surface area contributed by atoms with Crippen LogP contribution in [0.15, 0.2) is 24.3 Å². The third-order valence-electron chi connectivity index (χ3n) is 3.36. The van der Waals surface area contributed by atoms with Crippen LogP contribution in [0.3, 0.4) is 0 Å². The monoisotopic (exact) mass is 294 g/mol. The molecule has 0 aromatic heterocycles. The van der Waals surface area contributed by atoms with Gasteiger partial charge in [-0.2, -0.15) is 0 Å². The van der Waals surface area contributed by atoms with Gasteiger partial charge in [-0.05, 0) is 52.7 Å². The number of hydrogen-bond donors (Lipinski definition) is 4. The average Bonchev–Trinajstić information content (AvgIpc) is 2.24. The Kier molecular flexibility index (Phi) is 5.36. The van der Waals surface area contributed by atoms with E-state index >= 15 is 0 Å². The molecule has 1 heterocycles. The standard InChI is InChI=1S/C9H19NO.C7H7NO2/c1-8(2)5-7(11)6-9(3,4)10-8;8-6-4-2-1-3-5(6)7(9)10/h7,10-11H,5-6H2,1-4H3;1-4H,8H2,(H,9,10). The van der Waals surface area contributed by atoms with Crippen molar-refractivity contribution in [3.8, 4) is 0 Å². The number of benzene rings is 1. The molecular weight excluding hydrogens is 268 g/mol. The minimum absolute atomic E-state index is 0.0845. The van der Waals surface area contributed by atoms with Crippen molar-refractivity contribution in [3.05, 3.63) is 29.8 Å². The zero-order valence-corrected chi connectivity index (χ0v) is 13.2. The number of aliphatic hydroxyl groups excluding tert-OH is 1.